The quantitative estimate of drug-likeness (QED) is 0.413. The van der Waals surface area contributed by atoms with E-state index < -0.39 is 15.9 Å². The highest BCUT2D eigenvalue weighted by atomic mass is 35.5. The van der Waals surface area contributed by atoms with Crippen LogP contribution < -0.4 is 14.8 Å². The molecule has 0 spiro atoms. The van der Waals surface area contributed by atoms with Crippen LogP contribution in [-0.4, -0.2) is 31.4 Å². The Labute approximate surface area is 195 Å². The zero-order valence-electron chi connectivity index (χ0n) is 17.7. The highest BCUT2D eigenvalue weighted by molar-refractivity contribution is 7.92. The van der Waals surface area contributed by atoms with Crippen LogP contribution >= 0.6 is 11.6 Å². The molecule has 2 heterocycles. The molecule has 33 heavy (non-hydrogen) atoms. The first-order chi connectivity index (χ1) is 15.7. The van der Waals surface area contributed by atoms with Gasteiger partial charge in [0.2, 0.25) is 5.88 Å². The van der Waals surface area contributed by atoms with Crippen LogP contribution in [0.3, 0.4) is 0 Å². The van der Waals surface area contributed by atoms with Crippen LogP contribution in [0.1, 0.15) is 16.1 Å². The Balaban J connectivity index is 1.61. The molecule has 0 radical (unpaired) electrons. The Morgan fingerprint density at radius 1 is 1.00 bits per heavy atom. The summed E-state index contributed by atoms with van der Waals surface area (Å²) < 4.78 is 33.5. The molecule has 2 aromatic heterocycles. The van der Waals surface area contributed by atoms with E-state index in [9.17, 15) is 13.2 Å². The molecule has 0 aliphatic rings. The number of nitrogens with zero attached hydrogens (tertiary/aromatic N) is 2. The lowest BCUT2D eigenvalue weighted by Gasteiger charge is -2.13. The van der Waals surface area contributed by atoms with Gasteiger partial charge >= 0.3 is 0 Å². The summed E-state index contributed by atoms with van der Waals surface area (Å²) in [6.07, 6.45) is 1.32. The number of carbonyl (C=O) groups is 1. The predicted molar refractivity (Wildman–Crippen MR) is 127 cm³/mol. The van der Waals surface area contributed by atoms with E-state index in [2.05, 4.69) is 20.0 Å². The highest BCUT2D eigenvalue weighted by Gasteiger charge is 2.22. The second-order valence-corrected chi connectivity index (χ2v) is 9.25. The van der Waals surface area contributed by atoms with Crippen LogP contribution in [0.25, 0.3) is 10.9 Å². The van der Waals surface area contributed by atoms with Crippen molar-refractivity contribution in [1.29, 1.82) is 0 Å². The summed E-state index contributed by atoms with van der Waals surface area (Å²) in [5.41, 5.74) is 2.56. The van der Waals surface area contributed by atoms with Gasteiger partial charge in [-0.3, -0.25) is 14.5 Å². The molecule has 0 unspecified atom stereocenters. The van der Waals surface area contributed by atoms with Gasteiger partial charge in [-0.15, -0.1) is 0 Å². The molecule has 0 aliphatic carbocycles. The lowest BCUT2D eigenvalue weighted by molar-refractivity contribution is 0.102. The van der Waals surface area contributed by atoms with E-state index in [1.165, 1.54) is 31.5 Å². The number of aromatic nitrogens is 2. The first kappa shape index (κ1) is 22.5. The third-order valence-corrected chi connectivity index (χ3v) is 6.37. The standard InChI is InChI=1S/C23H19ClN4O4S/c1-14-3-4-15-11-16(5-10-20(15)26-14)22(29)27-19-12-21(23(32-2)25-13-19)33(30,31)28-18-8-6-17(24)7-9-18/h3-13,28H,1-2H3,(H,27,29). The first-order valence-electron chi connectivity index (χ1n) is 9.76. The van der Waals surface area contributed by atoms with E-state index in [0.717, 1.165) is 16.6 Å². The van der Waals surface area contributed by atoms with Gasteiger partial charge in [-0.1, -0.05) is 17.7 Å². The number of fused-ring (bicyclic) bond motifs is 1. The van der Waals surface area contributed by atoms with Gasteiger partial charge in [-0.2, -0.15) is 0 Å². The van der Waals surface area contributed by atoms with Crippen molar-refractivity contribution in [2.24, 2.45) is 0 Å². The second-order valence-electron chi connectivity index (χ2n) is 7.16. The van der Waals surface area contributed by atoms with Gasteiger partial charge in [-0.05, 0) is 61.5 Å². The predicted octanol–water partition coefficient (Wildman–Crippen LogP) is 4.65. The lowest BCUT2D eigenvalue weighted by Crippen LogP contribution is -2.17. The third-order valence-electron chi connectivity index (χ3n) is 4.75. The lowest BCUT2D eigenvalue weighted by atomic mass is 10.1. The van der Waals surface area contributed by atoms with Crippen molar-refractivity contribution >= 4 is 49.8 Å². The minimum Gasteiger partial charge on any atom is -0.480 e. The monoisotopic (exact) mass is 482 g/mol. The number of benzene rings is 2. The largest absolute Gasteiger partial charge is 0.480 e. The number of pyridine rings is 2. The zero-order chi connectivity index (χ0) is 23.6. The van der Waals surface area contributed by atoms with Gasteiger partial charge in [0, 0.05) is 27.4 Å². The zero-order valence-corrected chi connectivity index (χ0v) is 19.2. The van der Waals surface area contributed by atoms with Gasteiger partial charge in [0.1, 0.15) is 0 Å². The van der Waals surface area contributed by atoms with Crippen molar-refractivity contribution in [3.05, 3.63) is 83.1 Å². The van der Waals surface area contributed by atoms with E-state index in [0.29, 0.717) is 16.3 Å². The van der Waals surface area contributed by atoms with Crippen LogP contribution in [0, 0.1) is 6.92 Å². The molecule has 0 fully saturated rings. The molecule has 0 saturated carbocycles. The minimum atomic E-state index is -4.06. The Bertz CT molecular complexity index is 1460. The number of sulfonamides is 1. The fourth-order valence-corrected chi connectivity index (χ4v) is 4.48. The van der Waals surface area contributed by atoms with Crippen LogP contribution in [-0.2, 0) is 10.0 Å². The molecule has 0 bridgehead atoms. The molecule has 2 N–H and O–H groups in total. The number of anilines is 2. The van der Waals surface area contributed by atoms with E-state index in [1.807, 2.05) is 19.1 Å². The highest BCUT2D eigenvalue weighted by Crippen LogP contribution is 2.27. The maximum Gasteiger partial charge on any atom is 0.267 e. The van der Waals surface area contributed by atoms with Crippen molar-refractivity contribution in [2.45, 2.75) is 11.8 Å². The van der Waals surface area contributed by atoms with Gasteiger partial charge in [0.05, 0.1) is 24.5 Å². The number of hydrogen-bond donors (Lipinski definition) is 2. The molecule has 10 heteroatoms. The Morgan fingerprint density at radius 3 is 2.48 bits per heavy atom. The molecule has 1 amide bonds. The van der Waals surface area contributed by atoms with Crippen LogP contribution in [0.5, 0.6) is 5.88 Å². The van der Waals surface area contributed by atoms with Gasteiger partial charge in [0.25, 0.3) is 15.9 Å². The Kier molecular flexibility index (Phi) is 6.17. The fourth-order valence-electron chi connectivity index (χ4n) is 3.15. The molecule has 0 atom stereocenters. The Hall–Kier alpha value is -3.69. The number of ether oxygens (including phenoxy) is 1. The number of rotatable bonds is 6. The maximum atomic E-state index is 13.0. The van der Waals surface area contributed by atoms with Gasteiger partial charge < -0.3 is 10.1 Å². The summed E-state index contributed by atoms with van der Waals surface area (Å²) in [5, 5.41) is 3.97. The molecule has 4 aromatic rings. The molecule has 8 nitrogen and oxygen atoms in total. The fraction of sp³-hybridized carbons (Fsp3) is 0.0870. The first-order valence-corrected chi connectivity index (χ1v) is 11.6. The summed E-state index contributed by atoms with van der Waals surface area (Å²) >= 11 is 5.86. The van der Waals surface area contributed by atoms with E-state index in [-0.39, 0.29) is 16.5 Å². The molecule has 0 aliphatic heterocycles. The summed E-state index contributed by atoms with van der Waals surface area (Å²) in [6, 6.07) is 16.3. The third kappa shape index (κ3) is 5.05. The molecular weight excluding hydrogens is 464 g/mol. The maximum absolute atomic E-state index is 13.0. The molecular formula is C23H19ClN4O4S. The number of hydrogen-bond acceptors (Lipinski definition) is 6. The smallest absolute Gasteiger partial charge is 0.267 e. The number of amides is 1. The van der Waals surface area contributed by atoms with Crippen LogP contribution in [0.15, 0.2) is 71.8 Å². The van der Waals surface area contributed by atoms with Crippen molar-refractivity contribution in [2.75, 3.05) is 17.1 Å². The minimum absolute atomic E-state index is 0.110. The average Bonchev–Trinajstić information content (AvgIpc) is 2.80. The molecule has 2 aromatic carbocycles. The van der Waals surface area contributed by atoms with E-state index in [4.69, 9.17) is 16.3 Å². The number of methoxy groups -OCH3 is 1. The van der Waals surface area contributed by atoms with Crippen LogP contribution in [0.4, 0.5) is 11.4 Å². The number of nitrogens with one attached hydrogen (secondary N) is 2. The van der Waals surface area contributed by atoms with Crippen molar-refractivity contribution in [3.63, 3.8) is 0 Å². The van der Waals surface area contributed by atoms with E-state index >= 15 is 0 Å². The van der Waals surface area contributed by atoms with Gasteiger partial charge in [0.15, 0.2) is 4.90 Å². The summed E-state index contributed by atoms with van der Waals surface area (Å²) in [5.74, 6) is -0.528. The summed E-state index contributed by atoms with van der Waals surface area (Å²) in [7, 11) is -2.75. The number of halogens is 1. The number of carbonyl (C=O) groups excluding carboxylic acids is 1. The topological polar surface area (TPSA) is 110 Å². The van der Waals surface area contributed by atoms with Crippen LogP contribution in [0.2, 0.25) is 5.02 Å². The van der Waals surface area contributed by atoms with Crippen molar-refractivity contribution in [1.82, 2.24) is 9.97 Å². The van der Waals surface area contributed by atoms with Crippen molar-refractivity contribution < 1.29 is 17.9 Å². The Morgan fingerprint density at radius 2 is 1.76 bits per heavy atom. The SMILES string of the molecule is COc1ncc(NC(=O)c2ccc3nc(C)ccc3c2)cc1S(=O)(=O)Nc1ccc(Cl)cc1. The second kappa shape index (κ2) is 9.05. The van der Waals surface area contributed by atoms with E-state index in [1.54, 1.807) is 30.3 Å². The van der Waals surface area contributed by atoms with Crippen molar-refractivity contribution in [3.8, 4) is 5.88 Å². The number of aryl methyl sites for hydroxylation is 1. The normalized spacial score (nSPS) is 11.2. The summed E-state index contributed by atoms with van der Waals surface area (Å²) in [4.78, 5) is 21.0. The molecule has 0 saturated heterocycles. The van der Waals surface area contributed by atoms with Gasteiger partial charge in [-0.25, -0.2) is 13.4 Å². The molecule has 168 valence electrons. The summed E-state index contributed by atoms with van der Waals surface area (Å²) in [6.45, 7) is 1.89. The molecule has 4 rings (SSSR count). The average molecular weight is 483 g/mol.